The summed E-state index contributed by atoms with van der Waals surface area (Å²) in [4.78, 5) is 14.2. The van der Waals surface area contributed by atoms with E-state index < -0.39 is 0 Å². The molecule has 1 heterocycles. The van der Waals surface area contributed by atoms with Crippen molar-refractivity contribution in [1.29, 1.82) is 0 Å². The number of hydrazone groups is 1. The maximum atomic E-state index is 11.2. The highest BCUT2D eigenvalue weighted by molar-refractivity contribution is 5.80. The fraction of sp³-hybridized carbons (Fsp3) is 0.455. The Morgan fingerprint density at radius 1 is 1.60 bits per heavy atom. The molecule has 0 unspecified atom stereocenters. The lowest BCUT2D eigenvalue weighted by Crippen LogP contribution is -2.16. The minimum Gasteiger partial charge on any atom is -0.360 e. The lowest BCUT2D eigenvalue weighted by Gasteiger charge is -1.97. The molecule has 0 saturated heterocycles. The number of H-pyrrole nitrogens is 1. The maximum absolute atomic E-state index is 11.2. The molecule has 0 aliphatic rings. The first kappa shape index (κ1) is 11.5. The molecule has 0 aliphatic heterocycles. The molecule has 0 aromatic carbocycles. The average molecular weight is 207 g/mol. The molecule has 1 aromatic heterocycles. The second-order valence-electron chi connectivity index (χ2n) is 3.38. The lowest BCUT2D eigenvalue weighted by molar-refractivity contribution is -0.121. The van der Waals surface area contributed by atoms with Gasteiger partial charge in [-0.05, 0) is 18.6 Å². The van der Waals surface area contributed by atoms with E-state index in [0.717, 1.165) is 25.0 Å². The number of rotatable bonds is 6. The lowest BCUT2D eigenvalue weighted by atomic mass is 10.2. The molecule has 0 atom stereocenters. The van der Waals surface area contributed by atoms with Crippen molar-refractivity contribution >= 4 is 12.1 Å². The van der Waals surface area contributed by atoms with Crippen LogP contribution in [0.3, 0.4) is 0 Å². The highest BCUT2D eigenvalue weighted by Gasteiger charge is 1.97. The van der Waals surface area contributed by atoms with Crippen molar-refractivity contribution in [2.24, 2.45) is 5.10 Å². The topological polar surface area (TPSA) is 57.2 Å². The Bertz CT molecular complexity index is 304. The zero-order chi connectivity index (χ0) is 10.9. The maximum Gasteiger partial charge on any atom is 0.240 e. The summed E-state index contributed by atoms with van der Waals surface area (Å²) in [5.74, 6) is -0.0220. The van der Waals surface area contributed by atoms with E-state index in [-0.39, 0.29) is 5.91 Å². The Balaban J connectivity index is 2.16. The summed E-state index contributed by atoms with van der Waals surface area (Å²) in [7, 11) is 0. The summed E-state index contributed by atoms with van der Waals surface area (Å²) in [5, 5.41) is 3.84. The van der Waals surface area contributed by atoms with Gasteiger partial charge in [-0.15, -0.1) is 0 Å². The molecule has 4 nitrogen and oxygen atoms in total. The van der Waals surface area contributed by atoms with Crippen LogP contribution in [0.2, 0.25) is 0 Å². The summed E-state index contributed by atoms with van der Waals surface area (Å²) in [6.07, 6.45) is 7.10. The predicted molar refractivity (Wildman–Crippen MR) is 60.7 cm³/mol. The molecule has 0 radical (unpaired) electrons. The molecule has 4 heteroatoms. The third-order valence-corrected chi connectivity index (χ3v) is 2.02. The Labute approximate surface area is 89.8 Å². The Morgan fingerprint density at radius 2 is 2.47 bits per heavy atom. The van der Waals surface area contributed by atoms with Crippen LogP contribution in [0, 0.1) is 0 Å². The van der Waals surface area contributed by atoms with E-state index in [1.807, 2.05) is 18.3 Å². The molecule has 15 heavy (non-hydrogen) atoms. The molecule has 82 valence electrons. The molecule has 0 fully saturated rings. The number of nitrogens with one attached hydrogen (secondary N) is 2. The quantitative estimate of drug-likeness (QED) is 0.418. The number of unbranched alkanes of at least 4 members (excludes halogenated alkanes) is 2. The van der Waals surface area contributed by atoms with E-state index >= 15 is 0 Å². The van der Waals surface area contributed by atoms with Crippen LogP contribution in [0.4, 0.5) is 0 Å². The monoisotopic (exact) mass is 207 g/mol. The van der Waals surface area contributed by atoms with Gasteiger partial charge in [-0.25, -0.2) is 5.43 Å². The van der Waals surface area contributed by atoms with Crippen LogP contribution in [0.1, 0.15) is 38.3 Å². The first-order chi connectivity index (χ1) is 7.33. The van der Waals surface area contributed by atoms with Gasteiger partial charge < -0.3 is 4.98 Å². The van der Waals surface area contributed by atoms with Gasteiger partial charge in [0.05, 0.1) is 11.9 Å². The minimum atomic E-state index is -0.0220. The van der Waals surface area contributed by atoms with Gasteiger partial charge in [-0.1, -0.05) is 19.8 Å². The fourth-order valence-electron chi connectivity index (χ4n) is 1.19. The molecule has 2 N–H and O–H groups in total. The van der Waals surface area contributed by atoms with Gasteiger partial charge in [-0.3, -0.25) is 4.79 Å². The highest BCUT2D eigenvalue weighted by atomic mass is 16.2. The number of aromatic nitrogens is 1. The summed E-state index contributed by atoms with van der Waals surface area (Å²) >= 11 is 0. The summed E-state index contributed by atoms with van der Waals surface area (Å²) < 4.78 is 0. The first-order valence-corrected chi connectivity index (χ1v) is 5.28. The first-order valence-electron chi connectivity index (χ1n) is 5.28. The standard InChI is InChI=1S/C11H17N3O/c1-2-3-4-7-11(15)14-13-9-10-6-5-8-12-10/h5-6,8-9,12H,2-4,7H2,1H3,(H,14,15). The van der Waals surface area contributed by atoms with E-state index in [4.69, 9.17) is 0 Å². The molecule has 0 saturated carbocycles. The number of aromatic amines is 1. The molecule has 1 aromatic rings. The van der Waals surface area contributed by atoms with Crippen LogP contribution in [0.15, 0.2) is 23.4 Å². The van der Waals surface area contributed by atoms with Crippen molar-refractivity contribution in [1.82, 2.24) is 10.4 Å². The van der Waals surface area contributed by atoms with Crippen molar-refractivity contribution in [3.05, 3.63) is 24.0 Å². The smallest absolute Gasteiger partial charge is 0.240 e. The second kappa shape index (κ2) is 6.81. The third kappa shape index (κ3) is 5.00. The normalized spacial score (nSPS) is 10.7. The van der Waals surface area contributed by atoms with Gasteiger partial charge in [0, 0.05) is 12.6 Å². The number of amides is 1. The largest absolute Gasteiger partial charge is 0.360 e. The van der Waals surface area contributed by atoms with E-state index in [1.165, 1.54) is 0 Å². The molecule has 1 rings (SSSR count). The van der Waals surface area contributed by atoms with Crippen molar-refractivity contribution in [3.63, 3.8) is 0 Å². The van der Waals surface area contributed by atoms with Crippen molar-refractivity contribution < 1.29 is 4.79 Å². The Hall–Kier alpha value is -1.58. The second-order valence-corrected chi connectivity index (χ2v) is 3.38. The molecule has 0 bridgehead atoms. The van der Waals surface area contributed by atoms with Crippen LogP contribution < -0.4 is 5.43 Å². The summed E-state index contributed by atoms with van der Waals surface area (Å²) in [6, 6.07) is 3.76. The van der Waals surface area contributed by atoms with Crippen molar-refractivity contribution in [2.75, 3.05) is 0 Å². The van der Waals surface area contributed by atoms with E-state index in [1.54, 1.807) is 6.21 Å². The number of carbonyl (C=O) groups excluding carboxylic acids is 1. The van der Waals surface area contributed by atoms with Crippen molar-refractivity contribution in [3.8, 4) is 0 Å². The molecule has 0 spiro atoms. The zero-order valence-electron chi connectivity index (χ0n) is 8.99. The van der Waals surface area contributed by atoms with Gasteiger partial charge in [0.25, 0.3) is 0 Å². The predicted octanol–water partition coefficient (Wildman–Crippen LogP) is 2.05. The number of hydrogen-bond donors (Lipinski definition) is 2. The van der Waals surface area contributed by atoms with Gasteiger partial charge in [0.15, 0.2) is 0 Å². The van der Waals surface area contributed by atoms with Gasteiger partial charge in [0.2, 0.25) is 5.91 Å². The van der Waals surface area contributed by atoms with Crippen LogP contribution in [0.5, 0.6) is 0 Å². The summed E-state index contributed by atoms with van der Waals surface area (Å²) in [6.45, 7) is 2.11. The Kier molecular flexibility index (Phi) is 5.22. The number of hydrogen-bond acceptors (Lipinski definition) is 2. The molecular formula is C11H17N3O. The molecule has 0 aliphatic carbocycles. The Morgan fingerprint density at radius 3 is 3.13 bits per heavy atom. The van der Waals surface area contributed by atoms with E-state index in [0.29, 0.717) is 6.42 Å². The number of nitrogens with zero attached hydrogens (tertiary/aromatic N) is 1. The zero-order valence-corrected chi connectivity index (χ0v) is 8.99. The van der Waals surface area contributed by atoms with Crippen LogP contribution in [-0.4, -0.2) is 17.1 Å². The van der Waals surface area contributed by atoms with Gasteiger partial charge >= 0.3 is 0 Å². The van der Waals surface area contributed by atoms with Crippen LogP contribution in [0.25, 0.3) is 0 Å². The fourth-order valence-corrected chi connectivity index (χ4v) is 1.19. The van der Waals surface area contributed by atoms with Crippen LogP contribution >= 0.6 is 0 Å². The molecular weight excluding hydrogens is 190 g/mol. The van der Waals surface area contributed by atoms with Gasteiger partial charge in [-0.2, -0.15) is 5.10 Å². The average Bonchev–Trinajstić information content (AvgIpc) is 2.71. The SMILES string of the molecule is CCCCCC(=O)NN=Cc1ccc[nH]1. The molecule has 1 amide bonds. The van der Waals surface area contributed by atoms with Crippen molar-refractivity contribution in [2.45, 2.75) is 32.6 Å². The van der Waals surface area contributed by atoms with Gasteiger partial charge in [0.1, 0.15) is 0 Å². The third-order valence-electron chi connectivity index (χ3n) is 2.02. The highest BCUT2D eigenvalue weighted by Crippen LogP contribution is 1.98. The van der Waals surface area contributed by atoms with E-state index in [9.17, 15) is 4.79 Å². The minimum absolute atomic E-state index is 0.0220. The number of carbonyl (C=O) groups is 1. The summed E-state index contributed by atoms with van der Waals surface area (Å²) in [5.41, 5.74) is 3.37. The van der Waals surface area contributed by atoms with Crippen LogP contribution in [-0.2, 0) is 4.79 Å². The van der Waals surface area contributed by atoms with E-state index in [2.05, 4.69) is 22.4 Å².